The van der Waals surface area contributed by atoms with Crippen LogP contribution in [0.1, 0.15) is 27.7 Å². The maximum atomic E-state index is 12.1. The standard InChI is InChI=1S/C14H10O3.K.H/c15-13(10-6-2-1-3-7-10)11-8-4-5-9-12(11)14(16)17;;/h1-9H,(H,16,17);;/q;+1;-1. The van der Waals surface area contributed by atoms with Crippen LogP contribution < -0.4 is 51.4 Å². The number of aromatic carboxylic acids is 1. The Bertz CT molecular complexity index is 570. The van der Waals surface area contributed by atoms with Crippen molar-refractivity contribution in [3.05, 3.63) is 71.3 Å². The van der Waals surface area contributed by atoms with Gasteiger partial charge in [0, 0.05) is 11.1 Å². The van der Waals surface area contributed by atoms with E-state index in [0.717, 1.165) is 0 Å². The molecule has 0 aliphatic carbocycles. The predicted octanol–water partition coefficient (Wildman–Crippen LogP) is -0.268. The van der Waals surface area contributed by atoms with Crippen LogP contribution in [0.15, 0.2) is 54.6 Å². The van der Waals surface area contributed by atoms with E-state index in [9.17, 15) is 9.59 Å². The van der Waals surface area contributed by atoms with Gasteiger partial charge >= 0.3 is 57.4 Å². The molecule has 2 rings (SSSR count). The van der Waals surface area contributed by atoms with Crippen LogP contribution in [0.5, 0.6) is 0 Å². The van der Waals surface area contributed by atoms with Crippen molar-refractivity contribution >= 4 is 11.8 Å². The average molecular weight is 266 g/mol. The van der Waals surface area contributed by atoms with E-state index in [1.165, 1.54) is 12.1 Å². The number of carbonyl (C=O) groups is 2. The van der Waals surface area contributed by atoms with E-state index in [2.05, 4.69) is 0 Å². The van der Waals surface area contributed by atoms with E-state index in [0.29, 0.717) is 5.56 Å². The Morgan fingerprint density at radius 1 is 0.833 bits per heavy atom. The fraction of sp³-hybridized carbons (Fsp3) is 0. The number of hydrogen-bond donors (Lipinski definition) is 1. The maximum Gasteiger partial charge on any atom is 1.00 e. The van der Waals surface area contributed by atoms with Crippen LogP contribution in [0.2, 0.25) is 0 Å². The molecule has 0 amide bonds. The van der Waals surface area contributed by atoms with Crippen molar-refractivity contribution in [2.45, 2.75) is 0 Å². The molecule has 0 unspecified atom stereocenters. The van der Waals surface area contributed by atoms with Crippen molar-refractivity contribution in [2.24, 2.45) is 0 Å². The van der Waals surface area contributed by atoms with E-state index < -0.39 is 5.97 Å². The first-order valence-corrected chi connectivity index (χ1v) is 5.12. The Morgan fingerprint density at radius 3 is 1.89 bits per heavy atom. The van der Waals surface area contributed by atoms with Gasteiger partial charge in [-0.15, -0.1) is 0 Å². The number of rotatable bonds is 3. The Balaban J connectivity index is 0.00000162. The Morgan fingerprint density at radius 2 is 1.33 bits per heavy atom. The summed E-state index contributed by atoms with van der Waals surface area (Å²) < 4.78 is 0. The van der Waals surface area contributed by atoms with Gasteiger partial charge in [0.15, 0.2) is 5.78 Å². The zero-order valence-electron chi connectivity index (χ0n) is 11.0. The average Bonchev–Trinajstić information content (AvgIpc) is 2.39. The number of carboxylic acids is 1. The van der Waals surface area contributed by atoms with Gasteiger partial charge in [-0.05, 0) is 6.07 Å². The number of carbonyl (C=O) groups excluding carboxylic acids is 1. The molecule has 1 N–H and O–H groups in total. The fourth-order valence-electron chi connectivity index (χ4n) is 1.61. The van der Waals surface area contributed by atoms with Crippen LogP contribution in [-0.4, -0.2) is 16.9 Å². The molecule has 0 bridgehead atoms. The van der Waals surface area contributed by atoms with Crippen LogP contribution in [0.4, 0.5) is 0 Å². The second kappa shape index (κ2) is 6.97. The molecule has 0 aliphatic heterocycles. The molecule has 0 radical (unpaired) electrons. The Labute approximate surface area is 149 Å². The molecule has 0 fully saturated rings. The van der Waals surface area contributed by atoms with Gasteiger partial charge in [-0.3, -0.25) is 4.79 Å². The molecular formula is C14H11KO3. The first-order valence-electron chi connectivity index (χ1n) is 5.12. The van der Waals surface area contributed by atoms with Crippen molar-refractivity contribution in [3.63, 3.8) is 0 Å². The first-order chi connectivity index (χ1) is 8.20. The summed E-state index contributed by atoms with van der Waals surface area (Å²) in [5.74, 6) is -1.37. The molecule has 0 heterocycles. The van der Waals surface area contributed by atoms with Crippen molar-refractivity contribution in [1.29, 1.82) is 0 Å². The van der Waals surface area contributed by atoms with Gasteiger partial charge in [-0.25, -0.2) is 4.79 Å². The minimum absolute atomic E-state index is 0. The van der Waals surface area contributed by atoms with Crippen LogP contribution in [-0.2, 0) is 0 Å². The molecule has 86 valence electrons. The summed E-state index contributed by atoms with van der Waals surface area (Å²) in [6.45, 7) is 0. The molecule has 18 heavy (non-hydrogen) atoms. The topological polar surface area (TPSA) is 54.4 Å². The van der Waals surface area contributed by atoms with Gasteiger partial charge in [0.1, 0.15) is 0 Å². The molecule has 0 atom stereocenters. The zero-order valence-corrected chi connectivity index (χ0v) is 13.1. The third-order valence-corrected chi connectivity index (χ3v) is 2.44. The van der Waals surface area contributed by atoms with Crippen LogP contribution >= 0.6 is 0 Å². The SMILES string of the molecule is O=C(O)c1ccccc1C(=O)c1ccccc1.[H-].[K+]. The largest absolute Gasteiger partial charge is 1.00 e. The second-order valence-corrected chi connectivity index (χ2v) is 3.55. The van der Waals surface area contributed by atoms with E-state index in [-0.39, 0.29) is 69.7 Å². The van der Waals surface area contributed by atoms with Gasteiger partial charge in [-0.1, -0.05) is 48.5 Å². The molecule has 2 aromatic rings. The fourth-order valence-corrected chi connectivity index (χ4v) is 1.61. The number of hydrogen-bond acceptors (Lipinski definition) is 2. The van der Waals surface area contributed by atoms with E-state index >= 15 is 0 Å². The quantitative estimate of drug-likeness (QED) is 0.615. The van der Waals surface area contributed by atoms with Crippen molar-refractivity contribution in [2.75, 3.05) is 0 Å². The smallest absolute Gasteiger partial charge is 1.00 e. The molecule has 0 aromatic heterocycles. The molecule has 0 saturated carbocycles. The van der Waals surface area contributed by atoms with Crippen LogP contribution in [0, 0.1) is 0 Å². The van der Waals surface area contributed by atoms with Crippen LogP contribution in [0.25, 0.3) is 0 Å². The van der Waals surface area contributed by atoms with Crippen molar-refractivity contribution < 1.29 is 67.5 Å². The summed E-state index contributed by atoms with van der Waals surface area (Å²) in [5.41, 5.74) is 0.730. The first kappa shape index (κ1) is 15.3. The summed E-state index contributed by atoms with van der Waals surface area (Å²) in [5, 5.41) is 9.01. The number of benzene rings is 2. The van der Waals surface area contributed by atoms with Crippen molar-refractivity contribution in [3.8, 4) is 0 Å². The second-order valence-electron chi connectivity index (χ2n) is 3.55. The third-order valence-electron chi connectivity index (χ3n) is 2.44. The van der Waals surface area contributed by atoms with Crippen molar-refractivity contribution in [1.82, 2.24) is 0 Å². The molecule has 4 heteroatoms. The Hall–Kier alpha value is -0.784. The minimum Gasteiger partial charge on any atom is -1.00 e. The normalized spacial score (nSPS) is 9.33. The number of ketones is 1. The summed E-state index contributed by atoms with van der Waals surface area (Å²) in [4.78, 5) is 23.1. The molecular weight excluding hydrogens is 255 g/mol. The minimum atomic E-state index is -1.09. The van der Waals surface area contributed by atoms with E-state index in [1.807, 2.05) is 0 Å². The molecule has 3 nitrogen and oxygen atoms in total. The number of carboxylic acid groups (broad SMARTS) is 1. The van der Waals surface area contributed by atoms with Gasteiger partial charge in [0.2, 0.25) is 0 Å². The Kier molecular flexibility index (Phi) is 5.91. The van der Waals surface area contributed by atoms with E-state index in [1.54, 1.807) is 42.5 Å². The zero-order chi connectivity index (χ0) is 12.3. The molecule has 2 aromatic carbocycles. The predicted molar refractivity (Wildman–Crippen MR) is 64.4 cm³/mol. The maximum absolute atomic E-state index is 12.1. The summed E-state index contributed by atoms with van der Waals surface area (Å²) in [7, 11) is 0. The van der Waals surface area contributed by atoms with Crippen LogP contribution in [0.3, 0.4) is 0 Å². The van der Waals surface area contributed by atoms with Gasteiger partial charge in [-0.2, -0.15) is 0 Å². The van der Waals surface area contributed by atoms with Gasteiger partial charge in [0.05, 0.1) is 5.56 Å². The van der Waals surface area contributed by atoms with Gasteiger partial charge < -0.3 is 6.53 Å². The summed E-state index contributed by atoms with van der Waals surface area (Å²) >= 11 is 0. The molecule has 0 aliphatic rings. The van der Waals surface area contributed by atoms with E-state index in [4.69, 9.17) is 5.11 Å². The monoisotopic (exact) mass is 266 g/mol. The molecule has 0 spiro atoms. The van der Waals surface area contributed by atoms with Gasteiger partial charge in [0.25, 0.3) is 0 Å². The molecule has 0 saturated heterocycles. The third kappa shape index (κ3) is 3.37. The summed E-state index contributed by atoms with van der Waals surface area (Å²) in [6.07, 6.45) is 0. The summed E-state index contributed by atoms with van der Waals surface area (Å²) in [6, 6.07) is 14.8.